The van der Waals surface area contributed by atoms with E-state index in [0.717, 1.165) is 9.80 Å². The van der Waals surface area contributed by atoms with Crippen LogP contribution in [0.3, 0.4) is 0 Å². The molecule has 3 heterocycles. The Morgan fingerprint density at radius 3 is 2.82 bits per heavy atom. The normalized spacial score (nSPS) is 27.1. The van der Waals surface area contributed by atoms with E-state index in [1.165, 1.54) is 29.9 Å². The third-order valence-corrected chi connectivity index (χ3v) is 4.90. The van der Waals surface area contributed by atoms with Crippen LogP contribution in [0, 0.1) is 0 Å². The molecule has 3 rings (SSSR count). The van der Waals surface area contributed by atoms with Gasteiger partial charge in [-0.1, -0.05) is 6.58 Å². The summed E-state index contributed by atoms with van der Waals surface area (Å²) < 4.78 is 0. The summed E-state index contributed by atoms with van der Waals surface area (Å²) in [6.07, 6.45) is 1.21. The maximum Gasteiger partial charge on any atom is 0.330 e. The molecule has 10 nitrogen and oxygen atoms in total. The summed E-state index contributed by atoms with van der Waals surface area (Å²) in [5.74, 6) is -1.60. The fourth-order valence-corrected chi connectivity index (χ4v) is 3.97. The van der Waals surface area contributed by atoms with Gasteiger partial charge in [-0.05, 0) is 16.0 Å². The zero-order valence-corrected chi connectivity index (χ0v) is 12.3. The maximum absolute atomic E-state index is 12.4. The fourth-order valence-electron chi connectivity index (χ4n) is 2.63. The number of aliphatic carboxylic acids is 1. The van der Waals surface area contributed by atoms with Gasteiger partial charge in [0.15, 0.2) is 18.4 Å². The van der Waals surface area contributed by atoms with Crippen LogP contribution in [-0.2, 0) is 14.4 Å². The second-order valence-corrected chi connectivity index (χ2v) is 5.99. The number of amides is 2. The second kappa shape index (κ2) is 5.09. The van der Waals surface area contributed by atoms with Crippen LogP contribution >= 0.6 is 11.8 Å². The summed E-state index contributed by atoms with van der Waals surface area (Å²) in [4.78, 5) is 38.0. The van der Waals surface area contributed by atoms with Gasteiger partial charge in [0.2, 0.25) is 5.91 Å². The number of β-lactam (4-membered cyclic amide) rings is 1. The monoisotopic (exact) mass is 324 g/mol. The lowest BCUT2D eigenvalue weighted by Gasteiger charge is -2.54. The largest absolute Gasteiger partial charge is 0.479 e. The van der Waals surface area contributed by atoms with Crippen LogP contribution < -0.4 is 5.01 Å². The minimum Gasteiger partial charge on any atom is -0.479 e. The van der Waals surface area contributed by atoms with E-state index in [9.17, 15) is 19.5 Å². The molecule has 1 aromatic heterocycles. The van der Waals surface area contributed by atoms with E-state index >= 15 is 0 Å². The molecular weight excluding hydrogens is 312 g/mol. The number of carboxylic acid groups (broad SMARTS) is 1. The van der Waals surface area contributed by atoms with Gasteiger partial charge in [-0.2, -0.15) is 0 Å². The SMILES string of the molecule is C=C1CS[C@@H]2C(N(C(C)=O)n3cnnn3)C(=O)N2C1C(=O)O. The molecule has 2 aliphatic heterocycles. The van der Waals surface area contributed by atoms with Crippen molar-refractivity contribution >= 4 is 29.5 Å². The second-order valence-electron chi connectivity index (χ2n) is 4.88. The van der Waals surface area contributed by atoms with Crippen molar-refractivity contribution in [2.24, 2.45) is 0 Å². The number of tetrazole rings is 1. The van der Waals surface area contributed by atoms with E-state index in [0.29, 0.717) is 11.3 Å². The Morgan fingerprint density at radius 2 is 2.27 bits per heavy atom. The molecule has 2 unspecified atom stereocenters. The lowest BCUT2D eigenvalue weighted by Crippen LogP contribution is -2.77. The van der Waals surface area contributed by atoms with Gasteiger partial charge in [0.1, 0.15) is 5.37 Å². The quantitative estimate of drug-likeness (QED) is 0.524. The smallest absolute Gasteiger partial charge is 0.330 e. The average molecular weight is 324 g/mol. The minimum atomic E-state index is -1.13. The Bertz CT molecular complexity index is 662. The van der Waals surface area contributed by atoms with E-state index in [4.69, 9.17) is 0 Å². The van der Waals surface area contributed by atoms with Crippen molar-refractivity contribution in [3.05, 3.63) is 18.5 Å². The average Bonchev–Trinajstić information content (AvgIpc) is 2.97. The van der Waals surface area contributed by atoms with Gasteiger partial charge in [0.25, 0.3) is 5.91 Å². The van der Waals surface area contributed by atoms with Crippen molar-refractivity contribution in [1.29, 1.82) is 0 Å². The molecule has 116 valence electrons. The third-order valence-electron chi connectivity index (χ3n) is 3.54. The van der Waals surface area contributed by atoms with E-state index in [2.05, 4.69) is 22.1 Å². The molecule has 11 heteroatoms. The Kier molecular flexibility index (Phi) is 3.35. The number of fused-ring (bicyclic) bond motifs is 1. The summed E-state index contributed by atoms with van der Waals surface area (Å²) in [6.45, 7) is 5.00. The van der Waals surface area contributed by atoms with Gasteiger partial charge in [0, 0.05) is 12.7 Å². The molecule has 0 spiro atoms. The lowest BCUT2D eigenvalue weighted by atomic mass is 9.98. The first kappa shape index (κ1) is 14.5. The first-order valence-corrected chi connectivity index (χ1v) is 7.35. The number of carboxylic acids is 1. The highest BCUT2D eigenvalue weighted by Crippen LogP contribution is 2.41. The van der Waals surface area contributed by atoms with Crippen LogP contribution in [0.25, 0.3) is 0 Å². The predicted molar refractivity (Wildman–Crippen MR) is 74.2 cm³/mol. The Morgan fingerprint density at radius 1 is 1.55 bits per heavy atom. The zero-order valence-electron chi connectivity index (χ0n) is 11.5. The summed E-state index contributed by atoms with van der Waals surface area (Å²) in [6, 6.07) is -1.89. The lowest BCUT2D eigenvalue weighted by molar-refractivity contribution is -0.159. The van der Waals surface area contributed by atoms with Gasteiger partial charge < -0.3 is 10.0 Å². The molecule has 2 fully saturated rings. The highest BCUT2D eigenvalue weighted by molar-refractivity contribution is 8.00. The molecule has 2 saturated heterocycles. The van der Waals surface area contributed by atoms with E-state index < -0.39 is 35.2 Å². The summed E-state index contributed by atoms with van der Waals surface area (Å²) in [5, 5.41) is 20.5. The van der Waals surface area contributed by atoms with Crippen molar-refractivity contribution < 1.29 is 19.5 Å². The Hall–Kier alpha value is -2.43. The predicted octanol–water partition coefficient (Wildman–Crippen LogP) is -1.55. The highest BCUT2D eigenvalue weighted by atomic mass is 32.2. The van der Waals surface area contributed by atoms with Crippen LogP contribution in [0.2, 0.25) is 0 Å². The number of carbonyl (C=O) groups excluding carboxylic acids is 2. The highest BCUT2D eigenvalue weighted by Gasteiger charge is 2.59. The number of aromatic nitrogens is 4. The van der Waals surface area contributed by atoms with Gasteiger partial charge >= 0.3 is 5.97 Å². The molecule has 0 saturated carbocycles. The number of hydrogen-bond donors (Lipinski definition) is 1. The molecule has 0 bridgehead atoms. The number of carbonyl (C=O) groups is 3. The molecule has 3 atom stereocenters. The van der Waals surface area contributed by atoms with Gasteiger partial charge in [-0.15, -0.1) is 21.7 Å². The van der Waals surface area contributed by atoms with Gasteiger partial charge in [0.05, 0.1) is 0 Å². The summed E-state index contributed by atoms with van der Waals surface area (Å²) >= 11 is 1.36. The molecule has 22 heavy (non-hydrogen) atoms. The van der Waals surface area contributed by atoms with E-state index in [1.54, 1.807) is 0 Å². The third kappa shape index (κ3) is 1.96. The van der Waals surface area contributed by atoms with Crippen LogP contribution in [0.5, 0.6) is 0 Å². The van der Waals surface area contributed by atoms with Crippen molar-refractivity contribution in [2.75, 3.05) is 10.8 Å². The molecule has 0 radical (unpaired) electrons. The number of rotatable bonds is 3. The van der Waals surface area contributed by atoms with Crippen molar-refractivity contribution in [2.45, 2.75) is 24.4 Å². The molecule has 2 aliphatic rings. The number of hydrogen-bond acceptors (Lipinski definition) is 7. The van der Waals surface area contributed by atoms with E-state index in [-0.39, 0.29) is 0 Å². The summed E-state index contributed by atoms with van der Waals surface area (Å²) in [7, 11) is 0. The topological polar surface area (TPSA) is 122 Å². The Labute approximate surface area is 128 Å². The summed E-state index contributed by atoms with van der Waals surface area (Å²) in [5.41, 5.74) is 0.456. The van der Waals surface area contributed by atoms with Crippen molar-refractivity contribution in [3.63, 3.8) is 0 Å². The van der Waals surface area contributed by atoms with Crippen LogP contribution in [0.4, 0.5) is 0 Å². The van der Waals surface area contributed by atoms with Gasteiger partial charge in [-0.3, -0.25) is 9.59 Å². The van der Waals surface area contributed by atoms with Crippen LogP contribution in [0.1, 0.15) is 6.92 Å². The molecule has 1 aromatic rings. The standard InChI is InChI=1S/C11H12N6O4S/c1-5-3-22-10-8(9(19)16(10)7(5)11(20)21)17(6(2)18)15-4-12-13-14-15/h4,7-8,10H,1,3H2,2H3,(H,20,21)/t7?,8?,10-/m1/s1. The Balaban J connectivity index is 1.92. The maximum atomic E-state index is 12.4. The first-order valence-electron chi connectivity index (χ1n) is 6.31. The molecule has 0 aromatic carbocycles. The van der Waals surface area contributed by atoms with Crippen molar-refractivity contribution in [3.8, 4) is 0 Å². The first-order chi connectivity index (χ1) is 10.4. The van der Waals surface area contributed by atoms with Crippen molar-refractivity contribution in [1.82, 2.24) is 25.2 Å². The zero-order chi connectivity index (χ0) is 16.0. The molecular formula is C11H12N6O4S. The van der Waals surface area contributed by atoms with Gasteiger partial charge in [-0.25, -0.2) is 9.80 Å². The minimum absolute atomic E-state index is 0.406. The molecule has 0 aliphatic carbocycles. The molecule has 2 amide bonds. The number of thioether (sulfide) groups is 1. The van der Waals surface area contributed by atoms with Crippen LogP contribution in [0.15, 0.2) is 18.5 Å². The fraction of sp³-hybridized carbons (Fsp3) is 0.455. The van der Waals surface area contributed by atoms with E-state index in [1.807, 2.05) is 0 Å². The molecule has 1 N–H and O–H groups in total. The number of nitrogens with zero attached hydrogens (tertiary/aromatic N) is 6. The van der Waals surface area contributed by atoms with Crippen LogP contribution in [-0.4, -0.2) is 71.3 Å².